The Labute approximate surface area is 172 Å². The highest BCUT2D eigenvalue weighted by Crippen LogP contribution is 2.38. The summed E-state index contributed by atoms with van der Waals surface area (Å²) in [5, 5.41) is 7.12. The number of ether oxygens (including phenoxy) is 2. The molecule has 0 bridgehead atoms. The number of benzene rings is 1. The first-order valence-corrected chi connectivity index (χ1v) is 9.58. The number of anilines is 1. The fourth-order valence-electron chi connectivity index (χ4n) is 3.63. The maximum atomic E-state index is 10.6. The molecular weight excluding hydrogens is 401 g/mol. The Morgan fingerprint density at radius 2 is 1.83 bits per heavy atom. The largest absolute Gasteiger partial charge is 0.490 e. The number of carbonyl (C=O) groups is 1. The Kier molecular flexibility index (Phi) is 6.81. The average molecular weight is 424 g/mol. The number of aliphatic carboxylic acids is 1. The molecule has 3 heterocycles. The van der Waals surface area contributed by atoms with Crippen LogP contribution in [0.1, 0.15) is 19.3 Å². The van der Waals surface area contributed by atoms with E-state index >= 15 is 0 Å². The maximum Gasteiger partial charge on any atom is 0.490 e. The topological polar surface area (TPSA) is 71.9 Å². The van der Waals surface area contributed by atoms with E-state index in [4.69, 9.17) is 19.4 Å². The number of hydrogen-bond acceptors (Lipinski definition) is 5. The van der Waals surface area contributed by atoms with Gasteiger partial charge in [-0.1, -0.05) is 18.2 Å². The molecule has 6 nitrogen and oxygen atoms in total. The quantitative estimate of drug-likeness (QED) is 0.805. The Bertz CT molecular complexity index is 810. The first-order chi connectivity index (χ1) is 14.3. The molecule has 0 radical (unpaired) electrons. The van der Waals surface area contributed by atoms with Crippen molar-refractivity contribution in [3.8, 4) is 5.75 Å². The van der Waals surface area contributed by atoms with Crippen molar-refractivity contribution in [2.75, 3.05) is 24.6 Å². The smallest absolute Gasteiger partial charge is 0.488 e. The molecule has 1 atom stereocenters. The molecule has 1 N–H and O–H groups in total. The first-order valence-electron chi connectivity index (χ1n) is 9.58. The molecule has 2 aliphatic heterocycles. The number of aromatic nitrogens is 1. The molecule has 2 aromatic rings. The number of rotatable bonds is 3. The summed E-state index contributed by atoms with van der Waals surface area (Å²) < 4.78 is 44.0. The first kappa shape index (κ1) is 21.9. The Balaban J connectivity index is 0.000000318. The van der Waals surface area contributed by atoms with Gasteiger partial charge in [-0.15, -0.1) is 0 Å². The molecule has 1 spiro atoms. The van der Waals surface area contributed by atoms with Crippen molar-refractivity contribution in [3.63, 3.8) is 0 Å². The normalized spacial score (nSPS) is 20.4. The van der Waals surface area contributed by atoms with Crippen molar-refractivity contribution in [2.45, 2.75) is 37.1 Å². The lowest BCUT2D eigenvalue weighted by atomic mass is 9.88. The van der Waals surface area contributed by atoms with Crippen LogP contribution in [-0.4, -0.2) is 53.6 Å². The van der Waals surface area contributed by atoms with E-state index in [1.54, 1.807) is 0 Å². The van der Waals surface area contributed by atoms with Gasteiger partial charge in [0.1, 0.15) is 11.9 Å². The highest BCUT2D eigenvalue weighted by molar-refractivity contribution is 5.73. The standard InChI is InChI=1S/C19H22N2O2.C2HF3O2/c1-2-6-17(7-3-1)23-18-13-19(22-15-18)8-11-21(12-9-19)16-5-4-10-20-14-16;3-2(4,5)1(6)7/h1-7,10,14,18H,8-9,11-13,15H2;(H,6,7). The third kappa shape index (κ3) is 5.85. The van der Waals surface area contributed by atoms with E-state index in [1.807, 2.05) is 48.8 Å². The maximum absolute atomic E-state index is 10.6. The van der Waals surface area contributed by atoms with Crippen molar-refractivity contribution in [1.82, 2.24) is 4.98 Å². The van der Waals surface area contributed by atoms with Crippen LogP contribution in [0.3, 0.4) is 0 Å². The third-order valence-electron chi connectivity index (χ3n) is 5.15. The van der Waals surface area contributed by atoms with Crippen LogP contribution in [0.2, 0.25) is 0 Å². The molecule has 9 heteroatoms. The summed E-state index contributed by atoms with van der Waals surface area (Å²) in [6.45, 7) is 2.73. The minimum absolute atomic E-state index is 0.00183. The summed E-state index contributed by atoms with van der Waals surface area (Å²) in [6.07, 6.45) is 1.94. The fourth-order valence-corrected chi connectivity index (χ4v) is 3.63. The lowest BCUT2D eigenvalue weighted by molar-refractivity contribution is -0.192. The molecule has 2 saturated heterocycles. The Morgan fingerprint density at radius 3 is 2.40 bits per heavy atom. The van der Waals surface area contributed by atoms with Gasteiger partial charge < -0.3 is 19.5 Å². The van der Waals surface area contributed by atoms with E-state index < -0.39 is 12.1 Å². The summed E-state index contributed by atoms with van der Waals surface area (Å²) in [7, 11) is 0. The highest BCUT2D eigenvalue weighted by atomic mass is 19.4. The van der Waals surface area contributed by atoms with Gasteiger partial charge in [0.05, 0.1) is 24.1 Å². The monoisotopic (exact) mass is 424 g/mol. The molecule has 4 rings (SSSR count). The number of pyridine rings is 1. The van der Waals surface area contributed by atoms with Gasteiger partial charge in [-0.3, -0.25) is 4.98 Å². The number of carboxylic acid groups (broad SMARTS) is 1. The lowest BCUT2D eigenvalue weighted by Crippen LogP contribution is -2.44. The van der Waals surface area contributed by atoms with Crippen LogP contribution < -0.4 is 9.64 Å². The van der Waals surface area contributed by atoms with Gasteiger partial charge in [0.15, 0.2) is 0 Å². The van der Waals surface area contributed by atoms with Gasteiger partial charge in [-0.25, -0.2) is 4.79 Å². The molecule has 1 aromatic heterocycles. The van der Waals surface area contributed by atoms with Crippen LogP contribution >= 0.6 is 0 Å². The van der Waals surface area contributed by atoms with Gasteiger partial charge in [0.2, 0.25) is 0 Å². The van der Waals surface area contributed by atoms with Crippen LogP contribution in [0.5, 0.6) is 5.75 Å². The summed E-state index contributed by atoms with van der Waals surface area (Å²) in [4.78, 5) is 15.5. The SMILES string of the molecule is O=C(O)C(F)(F)F.c1ccc(OC2COC3(CCN(c4cccnc4)CC3)C2)cc1. The molecule has 0 aliphatic carbocycles. The number of para-hydroxylation sites is 1. The average Bonchev–Trinajstić information content (AvgIpc) is 3.11. The molecule has 2 aliphatic rings. The summed E-state index contributed by atoms with van der Waals surface area (Å²) in [5.74, 6) is -1.82. The molecule has 0 saturated carbocycles. The predicted molar refractivity (Wildman–Crippen MR) is 104 cm³/mol. The zero-order valence-corrected chi connectivity index (χ0v) is 16.2. The van der Waals surface area contributed by atoms with E-state index in [9.17, 15) is 13.2 Å². The van der Waals surface area contributed by atoms with Gasteiger partial charge in [-0.05, 0) is 37.1 Å². The van der Waals surface area contributed by atoms with E-state index in [1.165, 1.54) is 5.69 Å². The zero-order valence-electron chi connectivity index (χ0n) is 16.2. The van der Waals surface area contributed by atoms with Crippen molar-refractivity contribution < 1.29 is 32.5 Å². The van der Waals surface area contributed by atoms with Crippen LogP contribution in [0.4, 0.5) is 18.9 Å². The number of halogens is 3. The van der Waals surface area contributed by atoms with Crippen LogP contribution in [0.25, 0.3) is 0 Å². The van der Waals surface area contributed by atoms with Gasteiger partial charge >= 0.3 is 12.1 Å². The minimum atomic E-state index is -5.08. The van der Waals surface area contributed by atoms with Crippen LogP contribution in [-0.2, 0) is 9.53 Å². The molecule has 0 amide bonds. The second kappa shape index (κ2) is 9.34. The van der Waals surface area contributed by atoms with Crippen LogP contribution in [0.15, 0.2) is 54.9 Å². The molecule has 162 valence electrons. The van der Waals surface area contributed by atoms with E-state index in [2.05, 4.69) is 16.0 Å². The number of alkyl halides is 3. The Hall–Kier alpha value is -2.81. The van der Waals surface area contributed by atoms with E-state index in [-0.39, 0.29) is 11.7 Å². The van der Waals surface area contributed by atoms with Gasteiger partial charge in [-0.2, -0.15) is 13.2 Å². The molecule has 1 aromatic carbocycles. The summed E-state index contributed by atoms with van der Waals surface area (Å²) in [5.41, 5.74) is 1.20. The summed E-state index contributed by atoms with van der Waals surface area (Å²) in [6, 6.07) is 14.2. The number of carboxylic acids is 1. The third-order valence-corrected chi connectivity index (χ3v) is 5.15. The molecular formula is C21H23F3N2O4. The van der Waals surface area contributed by atoms with E-state index in [0.29, 0.717) is 6.61 Å². The fraction of sp³-hybridized carbons (Fsp3) is 0.429. The zero-order chi connectivity index (χ0) is 21.6. The van der Waals surface area contributed by atoms with Gasteiger partial charge in [0, 0.05) is 25.7 Å². The van der Waals surface area contributed by atoms with Crippen molar-refractivity contribution in [1.29, 1.82) is 0 Å². The highest BCUT2D eigenvalue weighted by Gasteiger charge is 2.43. The minimum Gasteiger partial charge on any atom is -0.488 e. The van der Waals surface area contributed by atoms with Crippen molar-refractivity contribution >= 4 is 11.7 Å². The molecule has 1 unspecified atom stereocenters. The van der Waals surface area contributed by atoms with Gasteiger partial charge in [0.25, 0.3) is 0 Å². The van der Waals surface area contributed by atoms with Crippen molar-refractivity contribution in [3.05, 3.63) is 54.9 Å². The molecule has 30 heavy (non-hydrogen) atoms. The number of piperidine rings is 1. The van der Waals surface area contributed by atoms with E-state index in [0.717, 1.165) is 38.1 Å². The van der Waals surface area contributed by atoms with Crippen molar-refractivity contribution in [2.24, 2.45) is 0 Å². The summed E-state index contributed by atoms with van der Waals surface area (Å²) >= 11 is 0. The number of nitrogens with zero attached hydrogens (tertiary/aromatic N) is 2. The lowest BCUT2D eigenvalue weighted by Gasteiger charge is -2.39. The second-order valence-electron chi connectivity index (χ2n) is 7.25. The number of hydrogen-bond donors (Lipinski definition) is 1. The molecule has 2 fully saturated rings. The predicted octanol–water partition coefficient (Wildman–Crippen LogP) is 3.92. The Morgan fingerprint density at radius 1 is 1.17 bits per heavy atom. The second-order valence-corrected chi connectivity index (χ2v) is 7.25. The van der Waals surface area contributed by atoms with Crippen LogP contribution in [0, 0.1) is 0 Å².